The van der Waals surface area contributed by atoms with Crippen LogP contribution in [0.2, 0.25) is 0 Å². The molecule has 0 amide bonds. The van der Waals surface area contributed by atoms with Crippen LogP contribution >= 0.6 is 0 Å². The van der Waals surface area contributed by atoms with E-state index in [1.807, 2.05) is 0 Å². The van der Waals surface area contributed by atoms with E-state index < -0.39 is 0 Å². The standard InChI is InChI=1S/C21H24O4/c1-22-14-6-8-15-12(9-14)5-7-16-19(20(15)16)13-10-17(23-2)21(25-4)18(11-13)24-3/h6,8-11,16,19-20H,5,7H2,1-4H3/t16-,19-,20-/m1/s1. The molecular weight excluding hydrogens is 316 g/mol. The summed E-state index contributed by atoms with van der Waals surface area (Å²) in [4.78, 5) is 0. The van der Waals surface area contributed by atoms with Gasteiger partial charge in [0.15, 0.2) is 11.5 Å². The number of fused-ring (bicyclic) bond motifs is 3. The second-order valence-electron chi connectivity index (χ2n) is 6.78. The molecule has 25 heavy (non-hydrogen) atoms. The molecule has 4 nitrogen and oxygen atoms in total. The van der Waals surface area contributed by atoms with Gasteiger partial charge in [-0.1, -0.05) is 6.07 Å². The number of ether oxygens (including phenoxy) is 4. The number of hydrogen-bond acceptors (Lipinski definition) is 4. The largest absolute Gasteiger partial charge is 0.497 e. The van der Waals surface area contributed by atoms with E-state index in [0.29, 0.717) is 23.5 Å². The fourth-order valence-corrected chi connectivity index (χ4v) is 4.48. The van der Waals surface area contributed by atoms with Gasteiger partial charge < -0.3 is 18.9 Å². The Morgan fingerprint density at radius 1 is 0.800 bits per heavy atom. The maximum absolute atomic E-state index is 5.53. The van der Waals surface area contributed by atoms with Gasteiger partial charge in [-0.05, 0) is 71.6 Å². The van der Waals surface area contributed by atoms with Crippen molar-refractivity contribution in [1.29, 1.82) is 0 Å². The van der Waals surface area contributed by atoms with Crippen LogP contribution in [0.1, 0.15) is 34.9 Å². The van der Waals surface area contributed by atoms with E-state index in [1.54, 1.807) is 28.4 Å². The van der Waals surface area contributed by atoms with E-state index in [1.165, 1.54) is 23.1 Å². The van der Waals surface area contributed by atoms with Crippen LogP contribution in [-0.4, -0.2) is 28.4 Å². The molecular formula is C21H24O4. The van der Waals surface area contributed by atoms with Gasteiger partial charge in [-0.3, -0.25) is 0 Å². The fourth-order valence-electron chi connectivity index (χ4n) is 4.48. The zero-order chi connectivity index (χ0) is 17.6. The molecule has 0 aromatic heterocycles. The number of rotatable bonds is 5. The van der Waals surface area contributed by atoms with Gasteiger partial charge in [-0.25, -0.2) is 0 Å². The Morgan fingerprint density at radius 2 is 1.52 bits per heavy atom. The van der Waals surface area contributed by atoms with Crippen molar-refractivity contribution in [2.75, 3.05) is 28.4 Å². The first kappa shape index (κ1) is 16.1. The molecule has 2 aliphatic rings. The Morgan fingerprint density at radius 3 is 2.12 bits per heavy atom. The lowest BCUT2D eigenvalue weighted by Gasteiger charge is -2.15. The Kier molecular flexibility index (Phi) is 3.98. The molecule has 3 atom stereocenters. The number of aryl methyl sites for hydroxylation is 1. The molecule has 2 aromatic carbocycles. The van der Waals surface area contributed by atoms with Gasteiger partial charge in [-0.2, -0.15) is 0 Å². The molecule has 0 unspecified atom stereocenters. The molecule has 4 heteroatoms. The Bertz CT molecular complexity index is 773. The monoisotopic (exact) mass is 340 g/mol. The summed E-state index contributed by atoms with van der Waals surface area (Å²) < 4.78 is 21.9. The number of benzene rings is 2. The van der Waals surface area contributed by atoms with Crippen molar-refractivity contribution in [2.45, 2.75) is 24.7 Å². The molecule has 1 fully saturated rings. The highest BCUT2D eigenvalue weighted by Crippen LogP contribution is 2.66. The van der Waals surface area contributed by atoms with Crippen molar-refractivity contribution in [2.24, 2.45) is 5.92 Å². The summed E-state index contributed by atoms with van der Waals surface area (Å²) in [5.41, 5.74) is 4.17. The van der Waals surface area contributed by atoms with Crippen LogP contribution in [0.25, 0.3) is 0 Å². The normalized spacial score (nSPS) is 23.3. The Hall–Kier alpha value is -2.36. The molecule has 2 aliphatic carbocycles. The number of methoxy groups -OCH3 is 4. The SMILES string of the molecule is COc1ccc2c(c1)CC[C@@H]1[C@@H](c3cc(OC)c(OC)c(OC)c3)[C@H]21. The van der Waals surface area contributed by atoms with E-state index in [9.17, 15) is 0 Å². The highest BCUT2D eigenvalue weighted by atomic mass is 16.5. The first-order chi connectivity index (χ1) is 12.2. The van der Waals surface area contributed by atoms with E-state index in [4.69, 9.17) is 18.9 Å². The zero-order valence-electron chi connectivity index (χ0n) is 15.2. The average Bonchev–Trinajstić information content (AvgIpc) is 3.41. The maximum atomic E-state index is 5.53. The van der Waals surface area contributed by atoms with Crippen molar-refractivity contribution < 1.29 is 18.9 Å². The lowest BCUT2D eigenvalue weighted by molar-refractivity contribution is 0.323. The van der Waals surface area contributed by atoms with Gasteiger partial charge in [0, 0.05) is 0 Å². The molecule has 132 valence electrons. The highest BCUT2D eigenvalue weighted by Gasteiger charge is 2.54. The summed E-state index contributed by atoms with van der Waals surface area (Å²) in [5.74, 6) is 4.86. The topological polar surface area (TPSA) is 36.9 Å². The lowest BCUT2D eigenvalue weighted by Crippen LogP contribution is -2.01. The third-order valence-corrected chi connectivity index (χ3v) is 5.70. The van der Waals surface area contributed by atoms with Crippen LogP contribution < -0.4 is 18.9 Å². The van der Waals surface area contributed by atoms with Crippen molar-refractivity contribution in [3.63, 3.8) is 0 Å². The molecule has 0 aliphatic heterocycles. The first-order valence-electron chi connectivity index (χ1n) is 8.68. The molecule has 0 radical (unpaired) electrons. The minimum Gasteiger partial charge on any atom is -0.497 e. The van der Waals surface area contributed by atoms with Crippen molar-refractivity contribution in [1.82, 2.24) is 0 Å². The Labute approximate surface area is 148 Å². The minimum atomic E-state index is 0.517. The molecule has 0 saturated heterocycles. The summed E-state index contributed by atoms with van der Waals surface area (Å²) in [6.07, 6.45) is 2.33. The van der Waals surface area contributed by atoms with Gasteiger partial charge in [0.1, 0.15) is 5.75 Å². The van der Waals surface area contributed by atoms with Crippen LogP contribution in [0.5, 0.6) is 23.0 Å². The number of hydrogen-bond donors (Lipinski definition) is 0. The predicted molar refractivity (Wildman–Crippen MR) is 96.4 cm³/mol. The van der Waals surface area contributed by atoms with Crippen LogP contribution in [0.15, 0.2) is 30.3 Å². The fraction of sp³-hybridized carbons (Fsp3) is 0.429. The summed E-state index contributed by atoms with van der Waals surface area (Å²) in [5, 5.41) is 0. The van der Waals surface area contributed by atoms with Crippen LogP contribution in [-0.2, 0) is 6.42 Å². The van der Waals surface area contributed by atoms with Crippen LogP contribution in [0.4, 0.5) is 0 Å². The average molecular weight is 340 g/mol. The third kappa shape index (κ3) is 2.51. The molecule has 2 aromatic rings. The molecule has 0 heterocycles. The summed E-state index contributed by atoms with van der Waals surface area (Å²) in [7, 11) is 6.70. The third-order valence-electron chi connectivity index (χ3n) is 5.70. The van der Waals surface area contributed by atoms with Crippen molar-refractivity contribution in [3.05, 3.63) is 47.0 Å². The minimum absolute atomic E-state index is 0.517. The molecule has 0 spiro atoms. The maximum Gasteiger partial charge on any atom is 0.203 e. The van der Waals surface area contributed by atoms with Crippen molar-refractivity contribution in [3.8, 4) is 23.0 Å². The van der Waals surface area contributed by atoms with E-state index >= 15 is 0 Å². The van der Waals surface area contributed by atoms with Crippen LogP contribution in [0, 0.1) is 5.92 Å². The van der Waals surface area contributed by atoms with Gasteiger partial charge in [0.2, 0.25) is 5.75 Å². The summed E-state index contributed by atoms with van der Waals surface area (Å²) >= 11 is 0. The Balaban J connectivity index is 1.70. The highest BCUT2D eigenvalue weighted by molar-refractivity contribution is 5.57. The zero-order valence-corrected chi connectivity index (χ0v) is 15.2. The van der Waals surface area contributed by atoms with Gasteiger partial charge in [0.25, 0.3) is 0 Å². The molecule has 1 saturated carbocycles. The quantitative estimate of drug-likeness (QED) is 0.819. The van der Waals surface area contributed by atoms with Crippen molar-refractivity contribution >= 4 is 0 Å². The van der Waals surface area contributed by atoms with E-state index in [2.05, 4.69) is 30.3 Å². The van der Waals surface area contributed by atoms with Gasteiger partial charge in [0.05, 0.1) is 28.4 Å². The summed E-state index contributed by atoms with van der Waals surface area (Å²) in [6, 6.07) is 10.7. The van der Waals surface area contributed by atoms with Gasteiger partial charge in [-0.15, -0.1) is 0 Å². The predicted octanol–water partition coefficient (Wildman–Crippen LogP) is 4.16. The second kappa shape index (κ2) is 6.17. The summed E-state index contributed by atoms with van der Waals surface area (Å²) in [6.45, 7) is 0. The van der Waals surface area contributed by atoms with Crippen LogP contribution in [0.3, 0.4) is 0 Å². The molecule has 0 bridgehead atoms. The van der Waals surface area contributed by atoms with E-state index in [-0.39, 0.29) is 0 Å². The molecule has 0 N–H and O–H groups in total. The van der Waals surface area contributed by atoms with E-state index in [0.717, 1.165) is 23.7 Å². The first-order valence-corrected chi connectivity index (χ1v) is 8.68. The lowest BCUT2D eigenvalue weighted by atomic mass is 9.91. The smallest absolute Gasteiger partial charge is 0.203 e. The second-order valence-corrected chi connectivity index (χ2v) is 6.78. The van der Waals surface area contributed by atoms with Gasteiger partial charge >= 0.3 is 0 Å². The molecule has 4 rings (SSSR count).